The normalized spacial score (nSPS) is 26.4. The number of aliphatic hydroxyl groups excluding tert-OH is 1. The first kappa shape index (κ1) is 28.9. The smallest absolute Gasteiger partial charge is 0.310 e. The number of benzene rings is 1. The number of aromatic nitrogens is 3. The molecule has 2 aliphatic heterocycles. The van der Waals surface area contributed by atoms with E-state index >= 15 is 0 Å². The van der Waals surface area contributed by atoms with Crippen molar-refractivity contribution in [1.29, 1.82) is 0 Å². The van der Waals surface area contributed by atoms with Gasteiger partial charge in [0, 0.05) is 43.7 Å². The number of carbonyl (C=O) groups is 3. The lowest BCUT2D eigenvalue weighted by Crippen LogP contribution is -2.52. The molecule has 42 heavy (non-hydrogen) atoms. The van der Waals surface area contributed by atoms with E-state index in [2.05, 4.69) is 10.3 Å². The number of aliphatic carboxylic acids is 1. The molecule has 4 aliphatic rings. The van der Waals surface area contributed by atoms with E-state index in [1.807, 2.05) is 4.90 Å². The van der Waals surface area contributed by atoms with Crippen molar-refractivity contribution >= 4 is 29.4 Å². The molecule has 6 rings (SSSR count). The topological polar surface area (TPSA) is 138 Å². The number of hydrogen-bond donors (Lipinski definition) is 2. The van der Waals surface area contributed by atoms with Crippen LogP contribution in [0.15, 0.2) is 12.1 Å². The van der Waals surface area contributed by atoms with Crippen molar-refractivity contribution in [3.8, 4) is 5.75 Å². The highest BCUT2D eigenvalue weighted by atomic mass is 35.5. The maximum absolute atomic E-state index is 14.4. The molecular weight excluding hydrogens is 562 g/mol. The van der Waals surface area contributed by atoms with Gasteiger partial charge in [0.05, 0.1) is 29.7 Å². The molecule has 1 spiro atoms. The third-order valence-electron chi connectivity index (χ3n) is 10.1. The number of carboxylic acid groups (broad SMARTS) is 1. The van der Waals surface area contributed by atoms with Crippen LogP contribution in [0.5, 0.6) is 5.75 Å². The van der Waals surface area contributed by atoms with Crippen molar-refractivity contribution in [2.45, 2.75) is 77.5 Å². The summed E-state index contributed by atoms with van der Waals surface area (Å²) in [5.41, 5.74) is 1.54. The van der Waals surface area contributed by atoms with Crippen LogP contribution in [0.25, 0.3) is 0 Å². The monoisotopic (exact) mass is 599 g/mol. The van der Waals surface area contributed by atoms with Crippen LogP contribution in [-0.4, -0.2) is 72.4 Å². The third-order valence-corrected chi connectivity index (χ3v) is 10.5. The molecule has 2 N–H and O–H groups in total. The van der Waals surface area contributed by atoms with Gasteiger partial charge in [0.2, 0.25) is 11.8 Å². The van der Waals surface area contributed by atoms with Gasteiger partial charge in [-0.3, -0.25) is 14.4 Å². The summed E-state index contributed by atoms with van der Waals surface area (Å²) in [5, 5.41) is 28.7. The largest absolute Gasteiger partial charge is 0.487 e. The fraction of sp³-hybridized carbons (Fsp3) is 0.633. The lowest BCUT2D eigenvalue weighted by molar-refractivity contribution is -0.162. The summed E-state index contributed by atoms with van der Waals surface area (Å²) in [7, 11) is 1.70. The zero-order chi connectivity index (χ0) is 29.8. The van der Waals surface area contributed by atoms with Gasteiger partial charge in [-0.15, -0.1) is 5.10 Å². The second-order valence-electron chi connectivity index (χ2n) is 12.8. The number of rotatable bonds is 8. The van der Waals surface area contributed by atoms with E-state index in [1.54, 1.807) is 31.0 Å². The average Bonchev–Trinajstić information content (AvgIpc) is 3.51. The van der Waals surface area contributed by atoms with Crippen molar-refractivity contribution in [2.75, 3.05) is 19.6 Å². The van der Waals surface area contributed by atoms with E-state index in [9.17, 15) is 24.6 Å². The molecule has 3 fully saturated rings. The van der Waals surface area contributed by atoms with Crippen LogP contribution in [0.1, 0.15) is 80.4 Å². The highest BCUT2D eigenvalue weighted by Gasteiger charge is 2.54. The van der Waals surface area contributed by atoms with Gasteiger partial charge in [0.25, 0.3) is 0 Å². The number of aryl methyl sites for hydroxylation is 1. The van der Waals surface area contributed by atoms with E-state index in [0.717, 1.165) is 36.8 Å². The number of carbonyl (C=O) groups excluding carboxylic acids is 2. The van der Waals surface area contributed by atoms with E-state index in [-0.39, 0.29) is 30.4 Å². The number of ether oxygens (including phenoxy) is 1. The number of fused-ring (bicyclic) bond motifs is 1. The fourth-order valence-corrected chi connectivity index (χ4v) is 7.54. The predicted octanol–water partition coefficient (Wildman–Crippen LogP) is 3.26. The van der Waals surface area contributed by atoms with Crippen LogP contribution in [0, 0.1) is 16.7 Å². The minimum atomic E-state index is -1.15. The quantitative estimate of drug-likeness (QED) is 0.472. The lowest BCUT2D eigenvalue weighted by atomic mass is 9.66. The molecule has 0 radical (unpaired) electrons. The molecule has 2 aliphatic carbocycles. The Labute approximate surface area is 249 Å². The van der Waals surface area contributed by atoms with Crippen LogP contribution in [0.3, 0.4) is 0 Å². The average molecular weight is 600 g/mol. The highest BCUT2D eigenvalue weighted by Crippen LogP contribution is 2.54. The van der Waals surface area contributed by atoms with Gasteiger partial charge in [0.15, 0.2) is 0 Å². The predicted molar refractivity (Wildman–Crippen MR) is 151 cm³/mol. The van der Waals surface area contributed by atoms with Crippen LogP contribution in [0.4, 0.5) is 0 Å². The van der Waals surface area contributed by atoms with E-state index in [0.29, 0.717) is 67.5 Å². The Bertz CT molecular complexity index is 1420. The first-order valence-corrected chi connectivity index (χ1v) is 15.2. The first-order valence-electron chi connectivity index (χ1n) is 14.8. The molecule has 2 saturated carbocycles. The Morgan fingerprint density at radius 2 is 2.00 bits per heavy atom. The number of carboxylic acids is 1. The van der Waals surface area contributed by atoms with Crippen LogP contribution < -0.4 is 4.74 Å². The minimum absolute atomic E-state index is 0.0456. The highest BCUT2D eigenvalue weighted by molar-refractivity contribution is 6.31. The van der Waals surface area contributed by atoms with E-state index in [4.69, 9.17) is 16.3 Å². The summed E-state index contributed by atoms with van der Waals surface area (Å²) in [4.78, 5) is 43.6. The second-order valence-corrected chi connectivity index (χ2v) is 13.2. The molecule has 1 saturated heterocycles. The van der Waals surface area contributed by atoms with Gasteiger partial charge in [-0.1, -0.05) is 29.7 Å². The molecule has 12 heteroatoms. The molecule has 3 atom stereocenters. The fourth-order valence-electron chi connectivity index (χ4n) is 7.28. The lowest BCUT2D eigenvalue weighted by Gasteiger charge is -2.45. The zero-order valence-electron chi connectivity index (χ0n) is 24.1. The summed E-state index contributed by atoms with van der Waals surface area (Å²) in [6.45, 7) is 2.82. The van der Waals surface area contributed by atoms with Gasteiger partial charge in [-0.2, -0.15) is 0 Å². The molecule has 1 aromatic carbocycles. The van der Waals surface area contributed by atoms with Crippen molar-refractivity contribution < 1.29 is 29.3 Å². The standard InChI is InChI=1S/C30H38ClN5O6/c1-29(28(40)41)9-4-3-5-19(29)27(39)36-12-8-18-20(31)6-7-24(42-16-21-23(15-37)34(2)33-32-21)26(18)22(36)14-35-17-30(10-11-30)13-25(35)38/h6-7,19,22,37H,3-5,8-17H2,1-2H3,(H,40,41)/t19-,22+,29-/m0/s1. The van der Waals surface area contributed by atoms with Gasteiger partial charge in [0.1, 0.15) is 18.1 Å². The van der Waals surface area contributed by atoms with E-state index < -0.39 is 23.3 Å². The summed E-state index contributed by atoms with van der Waals surface area (Å²) in [6, 6.07) is 3.00. The van der Waals surface area contributed by atoms with Gasteiger partial charge >= 0.3 is 5.97 Å². The van der Waals surface area contributed by atoms with Crippen molar-refractivity contribution in [3.05, 3.63) is 39.7 Å². The van der Waals surface area contributed by atoms with Crippen molar-refractivity contribution in [3.63, 3.8) is 0 Å². The maximum atomic E-state index is 14.4. The molecule has 2 aromatic rings. The summed E-state index contributed by atoms with van der Waals surface area (Å²) in [5.74, 6) is -1.20. The maximum Gasteiger partial charge on any atom is 0.310 e. The molecule has 0 unspecified atom stereocenters. The molecule has 0 bridgehead atoms. The van der Waals surface area contributed by atoms with Crippen molar-refractivity contribution in [1.82, 2.24) is 24.8 Å². The number of aliphatic hydroxyl groups is 1. The third kappa shape index (κ3) is 4.94. The van der Waals surface area contributed by atoms with E-state index in [1.165, 1.54) is 4.68 Å². The molecule has 226 valence electrons. The number of nitrogens with zero attached hydrogens (tertiary/aromatic N) is 5. The molecule has 3 heterocycles. The molecule has 2 amide bonds. The summed E-state index contributed by atoms with van der Waals surface area (Å²) < 4.78 is 7.80. The Hall–Kier alpha value is -3.18. The minimum Gasteiger partial charge on any atom is -0.487 e. The van der Waals surface area contributed by atoms with Crippen LogP contribution in [0.2, 0.25) is 5.02 Å². The SMILES string of the molecule is Cn1nnc(COc2ccc(Cl)c3c2[C@@H](CN2CC4(CC4)CC2=O)N(C(=O)[C@@H]2CCCC[C@]2(C)C(=O)O)CC3)c1CO. The second kappa shape index (κ2) is 10.8. The summed E-state index contributed by atoms with van der Waals surface area (Å²) >= 11 is 6.74. The Morgan fingerprint density at radius 3 is 2.69 bits per heavy atom. The summed E-state index contributed by atoms with van der Waals surface area (Å²) in [6.07, 6.45) is 5.60. The number of likely N-dealkylation sites (tertiary alicyclic amines) is 1. The number of hydrogen-bond acceptors (Lipinski definition) is 7. The molecular formula is C30H38ClN5O6. The Kier molecular flexibility index (Phi) is 7.45. The number of halogens is 1. The van der Waals surface area contributed by atoms with Crippen molar-refractivity contribution in [2.24, 2.45) is 23.8 Å². The zero-order valence-corrected chi connectivity index (χ0v) is 24.9. The molecule has 1 aromatic heterocycles. The first-order chi connectivity index (χ1) is 20.1. The van der Waals surface area contributed by atoms with Crippen LogP contribution >= 0.6 is 11.6 Å². The van der Waals surface area contributed by atoms with Gasteiger partial charge in [-0.05, 0) is 62.1 Å². The molecule has 11 nitrogen and oxygen atoms in total. The Morgan fingerprint density at radius 1 is 1.21 bits per heavy atom. The number of amides is 2. The van der Waals surface area contributed by atoms with Crippen LogP contribution in [-0.2, 0) is 41.1 Å². The Balaban J connectivity index is 1.38. The van der Waals surface area contributed by atoms with Gasteiger partial charge < -0.3 is 24.7 Å². The van der Waals surface area contributed by atoms with Gasteiger partial charge in [-0.25, -0.2) is 4.68 Å².